The molecule has 5 rings (SSSR count). The van der Waals surface area contributed by atoms with Crippen molar-refractivity contribution in [3.8, 4) is 0 Å². The van der Waals surface area contributed by atoms with Gasteiger partial charge in [0.05, 0.1) is 16.1 Å². The zero-order valence-corrected chi connectivity index (χ0v) is 23.8. The number of para-hydroxylation sites is 1. The van der Waals surface area contributed by atoms with E-state index < -0.39 is 11.5 Å². The van der Waals surface area contributed by atoms with Gasteiger partial charge in [-0.25, -0.2) is 0 Å². The minimum Gasteiger partial charge on any atom is -0.387 e. The Balaban J connectivity index is 1.10. The van der Waals surface area contributed by atoms with Crippen LogP contribution in [-0.2, 0) is 32.8 Å². The van der Waals surface area contributed by atoms with Crippen LogP contribution in [0.3, 0.4) is 0 Å². The maximum absolute atomic E-state index is 13.1. The summed E-state index contributed by atoms with van der Waals surface area (Å²) in [5.41, 5.74) is 4.18. The van der Waals surface area contributed by atoms with Gasteiger partial charge in [0, 0.05) is 25.6 Å². The Morgan fingerprint density at radius 2 is 1.85 bits per heavy atom. The molecule has 0 spiro atoms. The Morgan fingerprint density at radius 1 is 1.07 bits per heavy atom. The van der Waals surface area contributed by atoms with Gasteiger partial charge in [0.15, 0.2) is 0 Å². The predicted molar refractivity (Wildman–Crippen MR) is 154 cm³/mol. The molecule has 3 aliphatic heterocycles. The first kappa shape index (κ1) is 28.3. The van der Waals surface area contributed by atoms with Crippen LogP contribution in [0.25, 0.3) is 0 Å². The van der Waals surface area contributed by atoms with Crippen LogP contribution in [0, 0.1) is 0 Å². The Labute approximate surface area is 240 Å². The predicted octanol–water partition coefficient (Wildman–Crippen LogP) is 4.09. The summed E-state index contributed by atoms with van der Waals surface area (Å²) in [6.45, 7) is 3.17. The van der Waals surface area contributed by atoms with E-state index in [2.05, 4.69) is 21.6 Å². The highest BCUT2D eigenvalue weighted by Crippen LogP contribution is 2.40. The number of nitrogens with one attached hydrogen (secondary N) is 2. The van der Waals surface area contributed by atoms with E-state index >= 15 is 0 Å². The summed E-state index contributed by atoms with van der Waals surface area (Å²) in [5.74, 6) is -0.776. The first-order valence-corrected chi connectivity index (χ1v) is 14.7. The number of nitrogens with zero attached hydrogens (tertiary/aromatic N) is 2. The van der Waals surface area contributed by atoms with Gasteiger partial charge in [-0.15, -0.1) is 0 Å². The van der Waals surface area contributed by atoms with Crippen LogP contribution in [0.4, 0.5) is 5.69 Å². The lowest BCUT2D eigenvalue weighted by molar-refractivity contribution is -0.136. The molecule has 2 N–H and O–H groups in total. The fraction of sp³-hybridized carbons (Fsp3) is 0.484. The molecule has 2 fully saturated rings. The van der Waals surface area contributed by atoms with Gasteiger partial charge in [-0.2, -0.15) is 0 Å². The summed E-state index contributed by atoms with van der Waals surface area (Å²) in [6.07, 6.45) is 7.35. The average Bonchev–Trinajstić information content (AvgIpc) is 3.30. The second-order valence-corrected chi connectivity index (χ2v) is 11.6. The number of hydrogen-bond donors (Lipinski definition) is 2. The zero-order valence-electron chi connectivity index (χ0n) is 23.0. The van der Waals surface area contributed by atoms with Crippen LogP contribution in [0.1, 0.15) is 72.0 Å². The van der Waals surface area contributed by atoms with E-state index in [1.807, 2.05) is 37.4 Å². The summed E-state index contributed by atoms with van der Waals surface area (Å²) in [5, 5.41) is 6.18. The first-order chi connectivity index (χ1) is 19.4. The Morgan fingerprint density at radius 3 is 2.58 bits per heavy atom. The van der Waals surface area contributed by atoms with Crippen LogP contribution in [0.5, 0.6) is 0 Å². The number of carbonyl (C=O) groups excluding carboxylic acids is 4. The highest BCUT2D eigenvalue weighted by Gasteiger charge is 2.40. The maximum Gasteiger partial charge on any atom is 0.255 e. The number of aldehydes is 1. The number of carbonyl (C=O) groups is 4. The summed E-state index contributed by atoms with van der Waals surface area (Å²) in [6, 6.07) is 11.0. The molecule has 3 amide bonds. The van der Waals surface area contributed by atoms with E-state index in [0.717, 1.165) is 86.8 Å². The van der Waals surface area contributed by atoms with Gasteiger partial charge in [-0.05, 0) is 87.0 Å². The fourth-order valence-corrected chi connectivity index (χ4v) is 6.80. The minimum atomic E-state index is -0.586. The molecular weight excluding hydrogens is 528 g/mol. The van der Waals surface area contributed by atoms with Crippen molar-refractivity contribution in [2.75, 3.05) is 32.0 Å². The molecule has 8 nitrogen and oxygen atoms in total. The molecule has 0 saturated carbocycles. The topological polar surface area (TPSA) is 98.8 Å². The SMILES string of the molecule is CNc1c(Cl)cccc1C1(C=O)CCN(CCCCCc2cccc3c2CN(C2CCC(=O)NC2=O)C3=O)CC1. The molecule has 0 radical (unpaired) electrons. The smallest absolute Gasteiger partial charge is 0.255 e. The van der Waals surface area contributed by atoms with Crippen LogP contribution in [0.15, 0.2) is 36.4 Å². The quantitative estimate of drug-likeness (QED) is 0.256. The minimum absolute atomic E-state index is 0.123. The summed E-state index contributed by atoms with van der Waals surface area (Å²) in [7, 11) is 1.84. The molecule has 0 bridgehead atoms. The number of halogens is 1. The molecule has 2 saturated heterocycles. The second-order valence-electron chi connectivity index (χ2n) is 11.2. The standard InChI is InChI=1S/C31H37ClN4O4/c1-33-28-24(10-6-11-25(28)32)31(20-37)14-17-35(18-15-31)16-4-2-3-7-21-8-5-9-22-23(21)19-36(30(22)40)26-12-13-27(38)34-29(26)39/h5-6,8-11,20,26,33H,2-4,7,12-19H2,1H3,(H,34,38,39). The number of imide groups is 1. The number of anilines is 1. The Bertz CT molecular complexity index is 1300. The second kappa shape index (κ2) is 12.1. The lowest BCUT2D eigenvalue weighted by atomic mass is 9.73. The van der Waals surface area contributed by atoms with Crippen LogP contribution >= 0.6 is 11.6 Å². The average molecular weight is 565 g/mol. The lowest BCUT2D eigenvalue weighted by Crippen LogP contribution is -2.52. The number of rotatable bonds is 10. The highest BCUT2D eigenvalue weighted by atomic mass is 35.5. The highest BCUT2D eigenvalue weighted by molar-refractivity contribution is 6.33. The van der Waals surface area contributed by atoms with Crippen molar-refractivity contribution < 1.29 is 19.2 Å². The van der Waals surface area contributed by atoms with E-state index in [1.165, 1.54) is 0 Å². The van der Waals surface area contributed by atoms with Crippen LogP contribution in [-0.4, -0.2) is 66.5 Å². The number of aryl methyl sites for hydroxylation is 1. The third kappa shape index (κ3) is 5.52. The van der Waals surface area contributed by atoms with Gasteiger partial charge in [0.1, 0.15) is 12.3 Å². The van der Waals surface area contributed by atoms with Crippen molar-refractivity contribution in [1.29, 1.82) is 0 Å². The van der Waals surface area contributed by atoms with Crippen molar-refractivity contribution in [1.82, 2.24) is 15.1 Å². The van der Waals surface area contributed by atoms with E-state index in [-0.39, 0.29) is 24.1 Å². The molecule has 1 atom stereocenters. The van der Waals surface area contributed by atoms with Gasteiger partial charge in [0.2, 0.25) is 11.8 Å². The van der Waals surface area contributed by atoms with Gasteiger partial charge >= 0.3 is 0 Å². The molecule has 9 heteroatoms. The Hall–Kier alpha value is -3.23. The number of hydrogen-bond acceptors (Lipinski definition) is 6. The fourth-order valence-electron chi connectivity index (χ4n) is 6.53. The maximum atomic E-state index is 13.1. The van der Waals surface area contributed by atoms with Gasteiger partial charge in [-0.1, -0.05) is 42.3 Å². The normalized spacial score (nSPS) is 20.8. The number of amides is 3. The molecule has 212 valence electrons. The number of piperidine rings is 2. The molecule has 3 heterocycles. The third-order valence-corrected chi connectivity index (χ3v) is 9.19. The van der Waals surface area contributed by atoms with E-state index in [9.17, 15) is 19.2 Å². The van der Waals surface area contributed by atoms with Crippen LogP contribution in [0.2, 0.25) is 5.02 Å². The molecule has 0 aliphatic carbocycles. The number of benzene rings is 2. The van der Waals surface area contributed by atoms with E-state index in [4.69, 9.17) is 11.6 Å². The van der Waals surface area contributed by atoms with Crippen molar-refractivity contribution in [2.24, 2.45) is 0 Å². The lowest BCUT2D eigenvalue weighted by Gasteiger charge is -2.39. The summed E-state index contributed by atoms with van der Waals surface area (Å²) >= 11 is 6.40. The van der Waals surface area contributed by atoms with Gasteiger partial charge < -0.3 is 19.9 Å². The molecule has 2 aromatic rings. The van der Waals surface area contributed by atoms with Crippen LogP contribution < -0.4 is 10.6 Å². The van der Waals surface area contributed by atoms with Crippen molar-refractivity contribution >= 4 is 41.3 Å². The summed E-state index contributed by atoms with van der Waals surface area (Å²) in [4.78, 5) is 53.3. The van der Waals surface area contributed by atoms with Crippen molar-refractivity contribution in [3.05, 3.63) is 63.7 Å². The molecule has 2 aromatic carbocycles. The van der Waals surface area contributed by atoms with E-state index in [1.54, 1.807) is 4.90 Å². The summed E-state index contributed by atoms with van der Waals surface area (Å²) < 4.78 is 0. The first-order valence-electron chi connectivity index (χ1n) is 14.3. The van der Waals surface area contributed by atoms with E-state index in [0.29, 0.717) is 23.6 Å². The third-order valence-electron chi connectivity index (χ3n) is 8.87. The van der Waals surface area contributed by atoms with Gasteiger partial charge in [-0.3, -0.25) is 19.7 Å². The van der Waals surface area contributed by atoms with Crippen molar-refractivity contribution in [3.63, 3.8) is 0 Å². The van der Waals surface area contributed by atoms with Crippen molar-refractivity contribution in [2.45, 2.75) is 69.4 Å². The Kier molecular flexibility index (Phi) is 8.57. The zero-order chi connectivity index (χ0) is 28.3. The number of unbranched alkanes of at least 4 members (excludes halogenated alkanes) is 2. The molecule has 1 unspecified atom stereocenters. The molecule has 3 aliphatic rings. The largest absolute Gasteiger partial charge is 0.387 e. The molecule has 40 heavy (non-hydrogen) atoms. The molecule has 0 aromatic heterocycles. The number of fused-ring (bicyclic) bond motifs is 1. The monoisotopic (exact) mass is 564 g/mol. The van der Waals surface area contributed by atoms with Gasteiger partial charge in [0.25, 0.3) is 5.91 Å². The molecular formula is C31H37ClN4O4. The number of likely N-dealkylation sites (tertiary alicyclic amines) is 1.